The van der Waals surface area contributed by atoms with Gasteiger partial charge in [-0.25, -0.2) is 9.59 Å². The molecule has 1 heterocycles. The quantitative estimate of drug-likeness (QED) is 0.473. The average molecular weight is 419 g/mol. The van der Waals surface area contributed by atoms with Crippen molar-refractivity contribution in [3.63, 3.8) is 0 Å². The van der Waals surface area contributed by atoms with Gasteiger partial charge in [-0.2, -0.15) is 0 Å². The fourth-order valence-electron chi connectivity index (χ4n) is 4.17. The summed E-state index contributed by atoms with van der Waals surface area (Å²) in [6.45, 7) is 4.61. The van der Waals surface area contributed by atoms with Gasteiger partial charge in [-0.15, -0.1) is 11.8 Å². The molecular formula is C23H34N2O3S. The van der Waals surface area contributed by atoms with Gasteiger partial charge in [0.25, 0.3) is 0 Å². The molecule has 29 heavy (non-hydrogen) atoms. The predicted octanol–water partition coefficient (Wildman–Crippen LogP) is 5.45. The number of hydrogen-bond donors (Lipinski definition) is 1. The van der Waals surface area contributed by atoms with Gasteiger partial charge in [0.05, 0.1) is 12.0 Å². The number of nitrogens with one attached hydrogen (secondary N) is 1. The van der Waals surface area contributed by atoms with Crippen LogP contribution in [0.4, 0.5) is 10.5 Å². The smallest absolute Gasteiger partial charge is 0.329 e. The number of esters is 1. The molecule has 0 aromatic heterocycles. The normalized spacial score (nSPS) is 22.5. The number of ether oxygens (including phenoxy) is 1. The topological polar surface area (TPSA) is 58.6 Å². The van der Waals surface area contributed by atoms with Crippen LogP contribution in [0.3, 0.4) is 0 Å². The second kappa shape index (κ2) is 10.9. The number of nitrogens with zero attached hydrogens (tertiary/aromatic N) is 1. The summed E-state index contributed by atoms with van der Waals surface area (Å²) in [6.07, 6.45) is 8.75. The fourth-order valence-corrected chi connectivity index (χ4v) is 5.80. The van der Waals surface area contributed by atoms with E-state index in [0.717, 1.165) is 37.8 Å². The van der Waals surface area contributed by atoms with E-state index in [2.05, 4.69) is 19.2 Å². The van der Waals surface area contributed by atoms with Crippen molar-refractivity contribution >= 4 is 29.4 Å². The molecule has 2 aliphatic rings. The summed E-state index contributed by atoms with van der Waals surface area (Å²) in [5.41, 5.74) is 2.00. The van der Waals surface area contributed by atoms with Crippen molar-refractivity contribution in [2.24, 2.45) is 5.92 Å². The van der Waals surface area contributed by atoms with Crippen molar-refractivity contribution in [1.82, 2.24) is 4.90 Å². The largest absolute Gasteiger partial charge is 0.464 e. The summed E-state index contributed by atoms with van der Waals surface area (Å²) in [5.74, 6) is 0.810. The van der Waals surface area contributed by atoms with Crippen molar-refractivity contribution in [2.45, 2.75) is 76.6 Å². The lowest BCUT2D eigenvalue weighted by Gasteiger charge is -2.35. The second-order valence-corrected chi connectivity index (χ2v) is 9.20. The van der Waals surface area contributed by atoms with Gasteiger partial charge >= 0.3 is 12.0 Å². The summed E-state index contributed by atoms with van der Waals surface area (Å²) in [6, 6.07) is 7.24. The van der Waals surface area contributed by atoms with Crippen LogP contribution in [0.25, 0.3) is 0 Å². The van der Waals surface area contributed by atoms with E-state index in [0.29, 0.717) is 18.3 Å². The Morgan fingerprint density at radius 3 is 2.52 bits per heavy atom. The lowest BCUT2D eigenvalue weighted by atomic mass is 9.88. The molecule has 1 saturated carbocycles. The maximum atomic E-state index is 13.3. The zero-order valence-electron chi connectivity index (χ0n) is 17.7. The van der Waals surface area contributed by atoms with Crippen LogP contribution in [0.5, 0.6) is 0 Å². The molecule has 2 atom stereocenters. The molecule has 6 heteroatoms. The maximum absolute atomic E-state index is 13.3. The Morgan fingerprint density at radius 2 is 1.86 bits per heavy atom. The highest BCUT2D eigenvalue weighted by atomic mass is 32.2. The van der Waals surface area contributed by atoms with E-state index in [1.165, 1.54) is 24.8 Å². The molecule has 3 rings (SSSR count). The molecule has 2 amide bonds. The number of carbonyl (C=O) groups excluding carboxylic acids is 2. The van der Waals surface area contributed by atoms with Crippen LogP contribution in [0.1, 0.15) is 64.4 Å². The van der Waals surface area contributed by atoms with Gasteiger partial charge in [-0.3, -0.25) is 4.90 Å². The monoisotopic (exact) mass is 418 g/mol. The number of amides is 2. The highest BCUT2D eigenvalue weighted by Crippen LogP contribution is 2.41. The summed E-state index contributed by atoms with van der Waals surface area (Å²) in [5, 5.41) is 3.07. The number of aryl methyl sites for hydroxylation is 1. The van der Waals surface area contributed by atoms with Crippen molar-refractivity contribution < 1.29 is 14.3 Å². The van der Waals surface area contributed by atoms with Crippen LogP contribution in [-0.2, 0) is 16.0 Å². The Morgan fingerprint density at radius 1 is 1.14 bits per heavy atom. The van der Waals surface area contributed by atoms with Crippen molar-refractivity contribution in [1.29, 1.82) is 0 Å². The van der Waals surface area contributed by atoms with Crippen LogP contribution in [0, 0.1) is 5.92 Å². The molecule has 2 unspecified atom stereocenters. The molecule has 1 N–H and O–H groups in total. The molecule has 0 radical (unpaired) electrons. The molecule has 2 fully saturated rings. The number of anilines is 1. The number of urea groups is 1. The van der Waals surface area contributed by atoms with E-state index in [-0.39, 0.29) is 17.4 Å². The van der Waals surface area contributed by atoms with Crippen molar-refractivity contribution in [3.05, 3.63) is 29.8 Å². The van der Waals surface area contributed by atoms with Crippen molar-refractivity contribution in [3.8, 4) is 0 Å². The Bertz CT molecular complexity index is 673. The molecule has 5 nitrogen and oxygen atoms in total. The van der Waals surface area contributed by atoms with E-state index < -0.39 is 6.04 Å². The van der Waals surface area contributed by atoms with Gasteiger partial charge < -0.3 is 10.1 Å². The molecule has 1 aromatic carbocycles. The van der Waals surface area contributed by atoms with Gasteiger partial charge in [-0.1, -0.05) is 51.7 Å². The van der Waals surface area contributed by atoms with Gasteiger partial charge in [0, 0.05) is 11.4 Å². The van der Waals surface area contributed by atoms with Crippen LogP contribution in [0.15, 0.2) is 24.3 Å². The van der Waals surface area contributed by atoms with Gasteiger partial charge in [0.2, 0.25) is 0 Å². The molecule has 1 aromatic rings. The summed E-state index contributed by atoms with van der Waals surface area (Å²) in [4.78, 5) is 27.8. The number of rotatable bonds is 7. The average Bonchev–Trinajstić information content (AvgIpc) is 3.20. The predicted molar refractivity (Wildman–Crippen MR) is 119 cm³/mol. The number of thioether (sulfide) groups is 1. The summed E-state index contributed by atoms with van der Waals surface area (Å²) in [7, 11) is 0. The summed E-state index contributed by atoms with van der Waals surface area (Å²) < 4.78 is 5.49. The number of carbonyl (C=O) groups is 2. The van der Waals surface area contributed by atoms with E-state index in [1.807, 2.05) is 24.3 Å². The van der Waals surface area contributed by atoms with Crippen LogP contribution in [0.2, 0.25) is 0 Å². The van der Waals surface area contributed by atoms with E-state index >= 15 is 0 Å². The highest BCUT2D eigenvalue weighted by Gasteiger charge is 2.45. The Labute approximate surface area is 178 Å². The molecular weight excluding hydrogens is 384 g/mol. The van der Waals surface area contributed by atoms with Crippen LogP contribution >= 0.6 is 11.8 Å². The second-order valence-electron chi connectivity index (χ2n) is 8.05. The number of hydrogen-bond acceptors (Lipinski definition) is 4. The standard InChI is InChI=1S/C23H34N2O3S/c1-3-5-15-28-22(26)20-16-29-21(18-9-7-6-8-10-18)25(20)23(27)24-19-13-11-17(4-2)12-14-19/h11-14,18,20-21H,3-10,15-16H2,1-2H3,(H,24,27). The third-order valence-electron chi connectivity index (χ3n) is 5.95. The third-order valence-corrected chi connectivity index (χ3v) is 7.41. The maximum Gasteiger partial charge on any atom is 0.329 e. The summed E-state index contributed by atoms with van der Waals surface area (Å²) >= 11 is 1.74. The lowest BCUT2D eigenvalue weighted by molar-refractivity contribution is -0.148. The van der Waals surface area contributed by atoms with Crippen LogP contribution in [-0.4, -0.2) is 40.7 Å². The van der Waals surface area contributed by atoms with E-state index in [4.69, 9.17) is 4.74 Å². The first kappa shape index (κ1) is 22.0. The minimum absolute atomic E-state index is 0.0499. The zero-order valence-corrected chi connectivity index (χ0v) is 18.5. The Balaban J connectivity index is 1.73. The molecule has 0 bridgehead atoms. The van der Waals surface area contributed by atoms with Gasteiger partial charge in [-0.05, 0) is 49.3 Å². The first-order valence-corrected chi connectivity index (χ1v) is 12.2. The van der Waals surface area contributed by atoms with Crippen molar-refractivity contribution in [2.75, 3.05) is 17.7 Å². The molecule has 1 aliphatic heterocycles. The fraction of sp³-hybridized carbons (Fsp3) is 0.652. The Hall–Kier alpha value is -1.69. The SMILES string of the molecule is CCCCOC(=O)C1CSC(C2CCCCC2)N1C(=O)Nc1ccc(CC)cc1. The first-order chi connectivity index (χ1) is 14.1. The number of unbranched alkanes of at least 4 members (excludes halogenated alkanes) is 1. The Kier molecular flexibility index (Phi) is 8.28. The lowest BCUT2D eigenvalue weighted by Crippen LogP contribution is -2.50. The molecule has 160 valence electrons. The minimum atomic E-state index is -0.501. The molecule has 1 saturated heterocycles. The third kappa shape index (κ3) is 5.68. The van der Waals surface area contributed by atoms with Crippen LogP contribution < -0.4 is 5.32 Å². The van der Waals surface area contributed by atoms with E-state index in [1.54, 1.807) is 16.7 Å². The number of benzene rings is 1. The van der Waals surface area contributed by atoms with Gasteiger partial charge in [0.15, 0.2) is 0 Å². The molecule has 0 spiro atoms. The zero-order chi connectivity index (χ0) is 20.6. The van der Waals surface area contributed by atoms with Gasteiger partial charge in [0.1, 0.15) is 6.04 Å². The first-order valence-electron chi connectivity index (χ1n) is 11.1. The minimum Gasteiger partial charge on any atom is -0.464 e. The highest BCUT2D eigenvalue weighted by molar-refractivity contribution is 8.00. The van der Waals surface area contributed by atoms with E-state index in [9.17, 15) is 9.59 Å². The molecule has 1 aliphatic carbocycles.